The van der Waals surface area contributed by atoms with Gasteiger partial charge in [0, 0.05) is 12.1 Å². The first-order valence-electron chi connectivity index (χ1n) is 9.36. The first-order valence-corrected chi connectivity index (χ1v) is 10.3. The molecule has 12 nitrogen and oxygen atoms in total. The van der Waals surface area contributed by atoms with E-state index in [2.05, 4.69) is 26.0 Å². The van der Waals surface area contributed by atoms with Crippen LogP contribution in [0, 0.1) is 10.1 Å². The van der Waals surface area contributed by atoms with Gasteiger partial charge in [0.2, 0.25) is 11.1 Å². The molecule has 1 aromatic heterocycles. The molecule has 0 unspecified atom stereocenters. The van der Waals surface area contributed by atoms with Gasteiger partial charge in [-0.3, -0.25) is 14.9 Å². The summed E-state index contributed by atoms with van der Waals surface area (Å²) in [5.74, 6) is 6.50. The number of carbonyl (C=O) groups is 1. The molecule has 0 saturated heterocycles. The Kier molecular flexibility index (Phi) is 7.59. The molecule has 0 fully saturated rings. The number of thioether (sulfide) groups is 1. The van der Waals surface area contributed by atoms with Crippen molar-refractivity contribution >= 4 is 41.2 Å². The van der Waals surface area contributed by atoms with E-state index in [-0.39, 0.29) is 23.3 Å². The molecule has 13 heteroatoms. The van der Waals surface area contributed by atoms with Crippen LogP contribution in [0.2, 0.25) is 0 Å². The molecule has 3 aromatic rings. The summed E-state index contributed by atoms with van der Waals surface area (Å²) >= 11 is 1.10. The van der Waals surface area contributed by atoms with Crippen LogP contribution in [-0.2, 0) is 4.79 Å². The third-order valence-electron chi connectivity index (χ3n) is 3.94. The average Bonchev–Trinajstić information content (AvgIpc) is 3.13. The minimum atomic E-state index is -0.479. The van der Waals surface area contributed by atoms with E-state index >= 15 is 0 Å². The van der Waals surface area contributed by atoms with Gasteiger partial charge in [0.1, 0.15) is 5.75 Å². The zero-order valence-electron chi connectivity index (χ0n) is 17.0. The van der Waals surface area contributed by atoms with Gasteiger partial charge in [0.15, 0.2) is 0 Å². The summed E-state index contributed by atoms with van der Waals surface area (Å²) in [4.78, 5) is 22.5. The number of nitrogen functional groups attached to an aromatic ring is 1. The Bertz CT molecular complexity index is 1120. The number of ether oxygens (including phenoxy) is 1. The number of nitrogens with zero attached hydrogens (tertiary/aromatic N) is 5. The van der Waals surface area contributed by atoms with Crippen molar-refractivity contribution in [3.63, 3.8) is 0 Å². The molecular formula is C19H20N8O4S. The topological polar surface area (TPSA) is 163 Å². The number of nitro groups is 1. The van der Waals surface area contributed by atoms with E-state index in [4.69, 9.17) is 10.6 Å². The van der Waals surface area contributed by atoms with Crippen LogP contribution in [0.15, 0.2) is 58.8 Å². The van der Waals surface area contributed by atoms with Crippen LogP contribution < -0.4 is 21.3 Å². The van der Waals surface area contributed by atoms with Crippen molar-refractivity contribution in [2.75, 3.05) is 28.9 Å². The maximum Gasteiger partial charge on any atom is 0.269 e. The Labute approximate surface area is 187 Å². The number of hydrazone groups is 1. The molecule has 0 spiro atoms. The number of aromatic nitrogens is 3. The van der Waals surface area contributed by atoms with Crippen molar-refractivity contribution in [1.29, 1.82) is 0 Å². The van der Waals surface area contributed by atoms with Crippen molar-refractivity contribution in [2.45, 2.75) is 12.1 Å². The molecule has 0 bridgehead atoms. The molecule has 4 N–H and O–H groups in total. The number of hydrogen-bond acceptors (Lipinski definition) is 10. The maximum absolute atomic E-state index is 12.3. The molecule has 0 radical (unpaired) electrons. The van der Waals surface area contributed by atoms with E-state index in [0.29, 0.717) is 28.8 Å². The number of carbonyl (C=O) groups excluding carboxylic acids is 1. The summed E-state index contributed by atoms with van der Waals surface area (Å²) in [6.45, 7) is 2.35. The van der Waals surface area contributed by atoms with E-state index in [1.807, 2.05) is 13.0 Å². The molecule has 3 rings (SSSR count). The number of non-ortho nitro benzene ring substituents is 1. The molecule has 0 atom stereocenters. The Morgan fingerprint density at radius 3 is 2.75 bits per heavy atom. The summed E-state index contributed by atoms with van der Waals surface area (Å²) in [6, 6.07) is 13.0. The third-order valence-corrected chi connectivity index (χ3v) is 4.88. The molecule has 0 saturated carbocycles. The van der Waals surface area contributed by atoms with Gasteiger partial charge in [-0.05, 0) is 36.8 Å². The lowest BCUT2D eigenvalue weighted by atomic mass is 10.2. The molecule has 32 heavy (non-hydrogen) atoms. The number of nitro benzene ring substituents is 1. The number of para-hydroxylation sites is 2. The van der Waals surface area contributed by atoms with Crippen molar-refractivity contribution in [3.8, 4) is 5.75 Å². The number of nitrogens with one attached hydrogen (secondary N) is 2. The predicted octanol–water partition coefficient (Wildman–Crippen LogP) is 2.48. The van der Waals surface area contributed by atoms with Gasteiger partial charge in [-0.25, -0.2) is 10.1 Å². The average molecular weight is 456 g/mol. The minimum Gasteiger partial charge on any atom is -0.492 e. The van der Waals surface area contributed by atoms with Gasteiger partial charge in [-0.1, -0.05) is 23.9 Å². The van der Waals surface area contributed by atoms with Gasteiger partial charge in [0.05, 0.1) is 29.2 Å². The van der Waals surface area contributed by atoms with Gasteiger partial charge >= 0.3 is 0 Å². The first kappa shape index (κ1) is 22.6. The Morgan fingerprint density at radius 1 is 1.28 bits per heavy atom. The fraction of sp³-hybridized carbons (Fsp3) is 0.158. The smallest absolute Gasteiger partial charge is 0.269 e. The molecule has 0 aliphatic rings. The lowest BCUT2D eigenvalue weighted by molar-refractivity contribution is -0.384. The molecule has 0 aliphatic carbocycles. The standard InChI is InChI=1S/C19H20N8O4S/c1-2-31-16-6-4-3-5-15(16)22-17(28)12-32-19-25-24-18(26(19)20)23-21-11-13-7-9-14(10-8-13)27(29)30/h3-11H,2,12,20H2,1H3,(H,22,28)(H,23,24)/b21-11+. The second-order valence-corrected chi connectivity index (χ2v) is 7.10. The van der Waals surface area contributed by atoms with Crippen molar-refractivity contribution in [3.05, 3.63) is 64.2 Å². The third kappa shape index (κ3) is 5.95. The van der Waals surface area contributed by atoms with E-state index in [1.54, 1.807) is 30.3 Å². The van der Waals surface area contributed by atoms with Crippen molar-refractivity contribution in [1.82, 2.24) is 14.9 Å². The van der Waals surface area contributed by atoms with Crippen LogP contribution >= 0.6 is 11.8 Å². The second-order valence-electron chi connectivity index (χ2n) is 6.16. The molecular weight excluding hydrogens is 436 g/mol. The van der Waals surface area contributed by atoms with Crippen LogP contribution in [-0.4, -0.2) is 44.3 Å². The summed E-state index contributed by atoms with van der Waals surface area (Å²) in [5, 5.41) is 25.6. The lowest BCUT2D eigenvalue weighted by Gasteiger charge is -2.10. The summed E-state index contributed by atoms with van der Waals surface area (Å²) in [7, 11) is 0. The number of hydrogen-bond donors (Lipinski definition) is 3. The monoisotopic (exact) mass is 456 g/mol. The highest BCUT2D eigenvalue weighted by Crippen LogP contribution is 2.24. The van der Waals surface area contributed by atoms with Crippen LogP contribution in [0.1, 0.15) is 12.5 Å². The fourth-order valence-electron chi connectivity index (χ4n) is 2.47. The maximum atomic E-state index is 12.3. The van der Waals surface area contributed by atoms with E-state index in [0.717, 1.165) is 11.8 Å². The van der Waals surface area contributed by atoms with Crippen molar-refractivity contribution < 1.29 is 14.5 Å². The highest BCUT2D eigenvalue weighted by Gasteiger charge is 2.13. The number of nitrogens with two attached hydrogens (primary N) is 1. The first-order chi connectivity index (χ1) is 15.5. The SMILES string of the molecule is CCOc1ccccc1NC(=O)CSc1nnc(N/N=C/c2ccc([N+](=O)[O-])cc2)n1N. The van der Waals surface area contributed by atoms with Crippen LogP contribution in [0.4, 0.5) is 17.3 Å². The molecule has 1 heterocycles. The van der Waals surface area contributed by atoms with E-state index < -0.39 is 4.92 Å². The summed E-state index contributed by atoms with van der Waals surface area (Å²) in [6.07, 6.45) is 1.45. The molecule has 1 amide bonds. The normalized spacial score (nSPS) is 10.8. The fourth-order valence-corrected chi connectivity index (χ4v) is 3.12. The van der Waals surface area contributed by atoms with Gasteiger partial charge in [-0.15, -0.1) is 10.2 Å². The predicted molar refractivity (Wildman–Crippen MR) is 121 cm³/mol. The molecule has 2 aromatic carbocycles. The van der Waals surface area contributed by atoms with Crippen molar-refractivity contribution in [2.24, 2.45) is 5.10 Å². The second kappa shape index (κ2) is 10.8. The Morgan fingerprint density at radius 2 is 2.03 bits per heavy atom. The Hall–Kier alpha value is -4.13. The zero-order chi connectivity index (χ0) is 22.9. The number of amides is 1. The zero-order valence-corrected chi connectivity index (χ0v) is 17.8. The van der Waals surface area contributed by atoms with Gasteiger partial charge < -0.3 is 15.9 Å². The quantitative estimate of drug-likeness (QED) is 0.137. The number of anilines is 2. The van der Waals surface area contributed by atoms with Crippen LogP contribution in [0.5, 0.6) is 5.75 Å². The van der Waals surface area contributed by atoms with Crippen LogP contribution in [0.25, 0.3) is 0 Å². The van der Waals surface area contributed by atoms with Gasteiger partial charge in [0.25, 0.3) is 11.6 Å². The van der Waals surface area contributed by atoms with E-state index in [9.17, 15) is 14.9 Å². The largest absolute Gasteiger partial charge is 0.492 e. The lowest BCUT2D eigenvalue weighted by Crippen LogP contribution is -2.17. The van der Waals surface area contributed by atoms with Gasteiger partial charge in [-0.2, -0.15) is 5.10 Å². The number of rotatable bonds is 10. The Balaban J connectivity index is 1.53. The summed E-state index contributed by atoms with van der Waals surface area (Å²) < 4.78 is 6.66. The highest BCUT2D eigenvalue weighted by molar-refractivity contribution is 7.99. The highest BCUT2D eigenvalue weighted by atomic mass is 32.2. The molecule has 0 aliphatic heterocycles. The summed E-state index contributed by atoms with van der Waals surface area (Å²) in [5.41, 5.74) is 3.85. The van der Waals surface area contributed by atoms with E-state index in [1.165, 1.54) is 23.0 Å². The number of benzene rings is 2. The molecule has 166 valence electrons. The van der Waals surface area contributed by atoms with Crippen LogP contribution in [0.3, 0.4) is 0 Å². The minimum absolute atomic E-state index is 0.0103.